The molecule has 0 heterocycles. The molecule has 106 valence electrons. The van der Waals surface area contributed by atoms with E-state index in [0.717, 1.165) is 4.47 Å². The topological polar surface area (TPSA) is 72.2 Å². The molecule has 1 amide bonds. The van der Waals surface area contributed by atoms with Crippen LogP contribution in [0.2, 0.25) is 0 Å². The number of para-hydroxylation sites is 1. The largest absolute Gasteiger partial charge is 0.366 e. The smallest absolute Gasteiger partial charge is 0.250 e. The van der Waals surface area contributed by atoms with Crippen LogP contribution in [0.4, 0.5) is 5.69 Å². The molecule has 2 rings (SSSR count). The SMILES string of the molecule is NC(=O)c1ccccc1NC=CC(=O)c1ccc(Br)cc1. The molecule has 4 nitrogen and oxygen atoms in total. The second kappa shape index (κ2) is 6.85. The first-order chi connectivity index (χ1) is 10.1. The Bertz CT molecular complexity index is 694. The summed E-state index contributed by atoms with van der Waals surface area (Å²) in [5.74, 6) is -0.655. The first-order valence-electron chi connectivity index (χ1n) is 6.20. The highest BCUT2D eigenvalue weighted by atomic mass is 79.9. The molecule has 0 saturated carbocycles. The number of amides is 1. The molecule has 5 heteroatoms. The zero-order valence-electron chi connectivity index (χ0n) is 11.0. The standard InChI is InChI=1S/C16H13BrN2O2/c17-12-7-5-11(6-8-12)15(20)9-10-19-14-4-2-1-3-13(14)16(18)21/h1-10,19H,(H2,18,21). The van der Waals surface area contributed by atoms with E-state index in [1.807, 2.05) is 0 Å². The highest BCUT2D eigenvalue weighted by Crippen LogP contribution is 2.14. The number of nitrogens with one attached hydrogen (secondary N) is 1. The summed E-state index contributed by atoms with van der Waals surface area (Å²) in [4.78, 5) is 23.2. The fraction of sp³-hybridized carbons (Fsp3) is 0. The molecule has 0 bridgehead atoms. The fourth-order valence-corrected chi connectivity index (χ4v) is 2.01. The number of rotatable bonds is 5. The summed E-state index contributed by atoms with van der Waals surface area (Å²) < 4.78 is 0.913. The third-order valence-electron chi connectivity index (χ3n) is 2.79. The van der Waals surface area contributed by atoms with Crippen molar-refractivity contribution >= 4 is 33.3 Å². The van der Waals surface area contributed by atoms with Gasteiger partial charge >= 0.3 is 0 Å². The number of nitrogens with two attached hydrogens (primary N) is 1. The number of allylic oxidation sites excluding steroid dienone is 1. The molecule has 0 unspecified atom stereocenters. The molecule has 0 aliphatic rings. The summed E-state index contributed by atoms with van der Waals surface area (Å²) >= 11 is 3.31. The predicted octanol–water partition coefficient (Wildman–Crippen LogP) is 3.36. The molecule has 0 aliphatic carbocycles. The number of carbonyl (C=O) groups excluding carboxylic acids is 2. The Hall–Kier alpha value is -2.40. The molecule has 2 aromatic rings. The third-order valence-corrected chi connectivity index (χ3v) is 3.32. The van der Waals surface area contributed by atoms with Crippen LogP contribution in [0.5, 0.6) is 0 Å². The maximum Gasteiger partial charge on any atom is 0.250 e. The van der Waals surface area contributed by atoms with Crippen LogP contribution in [0.1, 0.15) is 20.7 Å². The minimum Gasteiger partial charge on any atom is -0.366 e. The highest BCUT2D eigenvalue weighted by Gasteiger charge is 2.05. The lowest BCUT2D eigenvalue weighted by Gasteiger charge is -2.05. The van der Waals surface area contributed by atoms with Crippen LogP contribution < -0.4 is 11.1 Å². The third kappa shape index (κ3) is 4.03. The number of halogens is 1. The van der Waals surface area contributed by atoms with E-state index in [-0.39, 0.29) is 5.78 Å². The Morgan fingerprint density at radius 3 is 2.38 bits per heavy atom. The zero-order valence-corrected chi connectivity index (χ0v) is 12.6. The summed E-state index contributed by atoms with van der Waals surface area (Å²) in [6.07, 6.45) is 2.90. The molecule has 0 aromatic heterocycles. The second-order valence-corrected chi connectivity index (χ2v) is 5.17. The summed E-state index contributed by atoms with van der Waals surface area (Å²) in [6, 6.07) is 13.9. The van der Waals surface area contributed by atoms with E-state index in [1.165, 1.54) is 12.3 Å². The molecule has 0 atom stereocenters. The van der Waals surface area contributed by atoms with Crippen molar-refractivity contribution in [1.29, 1.82) is 0 Å². The van der Waals surface area contributed by atoms with Crippen LogP contribution in [0, 0.1) is 0 Å². The predicted molar refractivity (Wildman–Crippen MR) is 86.2 cm³/mol. The molecule has 0 aliphatic heterocycles. The summed E-state index contributed by atoms with van der Waals surface area (Å²) in [5, 5.41) is 2.90. The molecule has 3 N–H and O–H groups in total. The van der Waals surface area contributed by atoms with Gasteiger partial charge in [-0.1, -0.05) is 28.1 Å². The molecule has 2 aromatic carbocycles. The van der Waals surface area contributed by atoms with Crippen LogP contribution in [-0.2, 0) is 0 Å². The highest BCUT2D eigenvalue weighted by molar-refractivity contribution is 9.10. The van der Waals surface area contributed by atoms with Gasteiger partial charge in [-0.25, -0.2) is 0 Å². The van der Waals surface area contributed by atoms with E-state index in [2.05, 4.69) is 21.2 Å². The van der Waals surface area contributed by atoms with Crippen molar-refractivity contribution in [3.63, 3.8) is 0 Å². The van der Waals surface area contributed by atoms with Crippen molar-refractivity contribution in [2.24, 2.45) is 5.73 Å². The average Bonchev–Trinajstić information content (AvgIpc) is 2.48. The van der Waals surface area contributed by atoms with Crippen molar-refractivity contribution < 1.29 is 9.59 Å². The lowest BCUT2D eigenvalue weighted by molar-refractivity contribution is 0.0999. The van der Waals surface area contributed by atoms with Crippen LogP contribution in [0.25, 0.3) is 0 Å². The summed E-state index contributed by atoms with van der Waals surface area (Å²) in [7, 11) is 0. The van der Waals surface area contributed by atoms with Crippen molar-refractivity contribution in [3.8, 4) is 0 Å². The first-order valence-corrected chi connectivity index (χ1v) is 6.99. The molecule has 0 saturated heterocycles. The maximum absolute atomic E-state index is 11.9. The lowest BCUT2D eigenvalue weighted by atomic mass is 10.1. The normalized spacial score (nSPS) is 10.5. The van der Waals surface area contributed by atoms with Gasteiger partial charge in [0, 0.05) is 22.3 Å². The van der Waals surface area contributed by atoms with Gasteiger partial charge in [0.15, 0.2) is 5.78 Å². The van der Waals surface area contributed by atoms with Crippen molar-refractivity contribution in [1.82, 2.24) is 0 Å². The average molecular weight is 345 g/mol. The Labute approximate surface area is 130 Å². The Kier molecular flexibility index (Phi) is 4.90. The van der Waals surface area contributed by atoms with Gasteiger partial charge in [-0.15, -0.1) is 0 Å². The maximum atomic E-state index is 11.9. The van der Waals surface area contributed by atoms with Gasteiger partial charge in [0.25, 0.3) is 5.91 Å². The van der Waals surface area contributed by atoms with Gasteiger partial charge in [0.05, 0.1) is 11.3 Å². The van der Waals surface area contributed by atoms with Crippen molar-refractivity contribution in [3.05, 3.63) is 76.4 Å². The monoisotopic (exact) mass is 344 g/mol. The number of carbonyl (C=O) groups is 2. The second-order valence-electron chi connectivity index (χ2n) is 4.26. The number of ketones is 1. The minimum absolute atomic E-state index is 0.133. The molecule has 21 heavy (non-hydrogen) atoms. The number of hydrogen-bond acceptors (Lipinski definition) is 3. The molecule has 0 radical (unpaired) electrons. The number of hydrogen-bond donors (Lipinski definition) is 2. The lowest BCUT2D eigenvalue weighted by Crippen LogP contribution is -2.13. The van der Waals surface area contributed by atoms with E-state index in [0.29, 0.717) is 16.8 Å². The van der Waals surface area contributed by atoms with Gasteiger partial charge in [-0.2, -0.15) is 0 Å². The minimum atomic E-state index is -0.522. The van der Waals surface area contributed by atoms with Crippen LogP contribution in [0.15, 0.2) is 65.3 Å². The van der Waals surface area contributed by atoms with Crippen LogP contribution in [-0.4, -0.2) is 11.7 Å². The van der Waals surface area contributed by atoms with Gasteiger partial charge < -0.3 is 11.1 Å². The van der Waals surface area contributed by atoms with Gasteiger partial charge in [0.2, 0.25) is 0 Å². The van der Waals surface area contributed by atoms with E-state index in [9.17, 15) is 9.59 Å². The number of benzene rings is 2. The van der Waals surface area contributed by atoms with Gasteiger partial charge in [-0.3, -0.25) is 9.59 Å². The zero-order chi connectivity index (χ0) is 15.2. The summed E-state index contributed by atoms with van der Waals surface area (Å²) in [5.41, 5.74) is 6.79. The van der Waals surface area contributed by atoms with E-state index < -0.39 is 5.91 Å². The molecule has 0 spiro atoms. The van der Waals surface area contributed by atoms with E-state index in [4.69, 9.17) is 5.73 Å². The fourth-order valence-electron chi connectivity index (χ4n) is 1.74. The van der Waals surface area contributed by atoms with Crippen LogP contribution >= 0.6 is 15.9 Å². The van der Waals surface area contributed by atoms with Crippen molar-refractivity contribution in [2.75, 3.05) is 5.32 Å². The Morgan fingerprint density at radius 2 is 1.71 bits per heavy atom. The molecular formula is C16H13BrN2O2. The molecular weight excluding hydrogens is 332 g/mol. The quantitative estimate of drug-likeness (QED) is 0.645. The first kappa shape index (κ1) is 15.0. The van der Waals surface area contributed by atoms with Crippen LogP contribution in [0.3, 0.4) is 0 Å². The number of primary amides is 1. The Balaban J connectivity index is 2.07. The van der Waals surface area contributed by atoms with E-state index >= 15 is 0 Å². The Morgan fingerprint density at radius 1 is 1.05 bits per heavy atom. The summed E-state index contributed by atoms with van der Waals surface area (Å²) in [6.45, 7) is 0. The molecule has 0 fully saturated rings. The van der Waals surface area contributed by atoms with Crippen molar-refractivity contribution in [2.45, 2.75) is 0 Å². The number of anilines is 1. The van der Waals surface area contributed by atoms with E-state index in [1.54, 1.807) is 48.5 Å². The van der Waals surface area contributed by atoms with Gasteiger partial charge in [-0.05, 0) is 36.4 Å². The van der Waals surface area contributed by atoms with Gasteiger partial charge in [0.1, 0.15) is 0 Å².